The lowest BCUT2D eigenvalue weighted by Crippen LogP contribution is -2.52. The molecule has 7 nitrogen and oxygen atoms in total. The number of benzene rings is 1. The molecule has 1 aromatic carbocycles. The van der Waals surface area contributed by atoms with Gasteiger partial charge in [-0.1, -0.05) is 12.1 Å². The van der Waals surface area contributed by atoms with Crippen LogP contribution in [0.25, 0.3) is 11.0 Å². The van der Waals surface area contributed by atoms with Gasteiger partial charge < -0.3 is 5.32 Å². The van der Waals surface area contributed by atoms with E-state index >= 15 is 0 Å². The van der Waals surface area contributed by atoms with Crippen LogP contribution >= 0.6 is 0 Å². The molecule has 2 fully saturated rings. The first-order chi connectivity index (χ1) is 12.6. The molecule has 0 unspecified atom stereocenters. The second-order valence-electron chi connectivity index (χ2n) is 7.29. The van der Waals surface area contributed by atoms with Crippen LogP contribution in [0.3, 0.4) is 0 Å². The highest BCUT2D eigenvalue weighted by Crippen LogP contribution is 2.25. The summed E-state index contributed by atoms with van der Waals surface area (Å²) >= 11 is 0. The van der Waals surface area contributed by atoms with E-state index in [1.165, 1.54) is 4.68 Å². The van der Waals surface area contributed by atoms with Crippen molar-refractivity contribution in [1.82, 2.24) is 14.6 Å². The van der Waals surface area contributed by atoms with Crippen LogP contribution in [0.2, 0.25) is 0 Å². The molecule has 2 amide bonds. The highest BCUT2D eigenvalue weighted by Gasteiger charge is 2.31. The molecule has 2 aliphatic rings. The minimum absolute atomic E-state index is 0.295. The van der Waals surface area contributed by atoms with Gasteiger partial charge in [-0.3, -0.25) is 14.2 Å². The predicted molar refractivity (Wildman–Crippen MR) is 98.6 cm³/mol. The SMILES string of the molecule is Cn1c(=O)n(N2C(=O)CCCC2=O)c2cccc(CC3CCNCC3)c21. The fourth-order valence-corrected chi connectivity index (χ4v) is 4.20. The predicted octanol–water partition coefficient (Wildman–Crippen LogP) is 1.06. The molecule has 0 bridgehead atoms. The van der Waals surface area contributed by atoms with Gasteiger partial charge in [0, 0.05) is 19.9 Å². The normalized spacial score (nSPS) is 19.5. The summed E-state index contributed by atoms with van der Waals surface area (Å²) in [6, 6.07) is 5.78. The summed E-state index contributed by atoms with van der Waals surface area (Å²) in [7, 11) is 1.71. The number of para-hydroxylation sites is 1. The smallest absolute Gasteiger partial charge is 0.317 e. The molecule has 0 atom stereocenters. The summed E-state index contributed by atoms with van der Waals surface area (Å²) in [6.45, 7) is 2.05. The molecule has 2 aromatic rings. The number of fused-ring (bicyclic) bond motifs is 1. The molecule has 138 valence electrons. The van der Waals surface area contributed by atoms with E-state index in [1.807, 2.05) is 18.2 Å². The molecule has 0 radical (unpaired) electrons. The topological polar surface area (TPSA) is 76.3 Å². The number of aromatic nitrogens is 2. The van der Waals surface area contributed by atoms with Crippen LogP contribution in [0.15, 0.2) is 23.0 Å². The van der Waals surface area contributed by atoms with Crippen molar-refractivity contribution in [2.24, 2.45) is 13.0 Å². The first-order valence-electron chi connectivity index (χ1n) is 9.34. The molecule has 7 heteroatoms. The zero-order valence-corrected chi connectivity index (χ0v) is 15.0. The monoisotopic (exact) mass is 356 g/mol. The van der Waals surface area contributed by atoms with E-state index in [9.17, 15) is 14.4 Å². The number of carbonyl (C=O) groups excluding carboxylic acids is 2. The summed E-state index contributed by atoms with van der Waals surface area (Å²) in [5.74, 6) is -0.0298. The summed E-state index contributed by atoms with van der Waals surface area (Å²) < 4.78 is 2.84. The largest absolute Gasteiger partial charge is 0.348 e. The number of aryl methyl sites for hydroxylation is 1. The molecule has 26 heavy (non-hydrogen) atoms. The van der Waals surface area contributed by atoms with Gasteiger partial charge in [-0.15, -0.1) is 0 Å². The maximum absolute atomic E-state index is 12.9. The third kappa shape index (κ3) is 2.76. The molecular formula is C19H24N4O3. The number of imidazole rings is 1. The van der Waals surface area contributed by atoms with Gasteiger partial charge in [-0.05, 0) is 56.3 Å². The van der Waals surface area contributed by atoms with Crippen molar-refractivity contribution in [3.8, 4) is 0 Å². The maximum atomic E-state index is 12.9. The molecule has 0 saturated carbocycles. The molecule has 1 N–H and O–H groups in total. The number of imide groups is 1. The molecule has 0 spiro atoms. The third-order valence-electron chi connectivity index (χ3n) is 5.55. The lowest BCUT2D eigenvalue weighted by Gasteiger charge is -2.25. The molecule has 4 rings (SSSR count). The Hall–Kier alpha value is -2.41. The van der Waals surface area contributed by atoms with Gasteiger partial charge in [0.1, 0.15) is 0 Å². The van der Waals surface area contributed by atoms with Crippen LogP contribution in [0.1, 0.15) is 37.7 Å². The van der Waals surface area contributed by atoms with E-state index in [1.54, 1.807) is 11.6 Å². The Labute approximate surface area is 151 Å². The average molecular weight is 356 g/mol. The van der Waals surface area contributed by atoms with Gasteiger partial charge in [0.15, 0.2) is 0 Å². The van der Waals surface area contributed by atoms with E-state index in [4.69, 9.17) is 0 Å². The van der Waals surface area contributed by atoms with E-state index in [0.717, 1.165) is 48.4 Å². The van der Waals surface area contributed by atoms with Crippen molar-refractivity contribution in [2.75, 3.05) is 18.1 Å². The van der Waals surface area contributed by atoms with Crippen LogP contribution in [-0.2, 0) is 23.1 Å². The summed E-state index contributed by atoms with van der Waals surface area (Å²) in [6.07, 6.45) is 4.28. The Morgan fingerprint density at radius 1 is 1.08 bits per heavy atom. The molecule has 2 saturated heterocycles. The van der Waals surface area contributed by atoms with Crippen LogP contribution in [-0.4, -0.2) is 34.1 Å². The summed E-state index contributed by atoms with van der Waals surface area (Å²) in [5, 5.41) is 4.42. The number of rotatable bonds is 3. The fraction of sp³-hybridized carbons (Fsp3) is 0.526. The highest BCUT2D eigenvalue weighted by molar-refractivity contribution is 6.11. The van der Waals surface area contributed by atoms with Crippen molar-refractivity contribution >= 4 is 22.8 Å². The standard InChI is InChI=1S/C19H24N4O3/c1-21-18-14(12-13-8-10-20-11-9-13)4-2-5-15(18)22(19(21)26)23-16(24)6-3-7-17(23)25/h2,4-5,13,20H,3,6-12H2,1H3. The van der Waals surface area contributed by atoms with E-state index in [-0.39, 0.29) is 17.5 Å². The highest BCUT2D eigenvalue weighted by atomic mass is 16.2. The molecule has 2 aliphatic heterocycles. The van der Waals surface area contributed by atoms with Crippen molar-refractivity contribution in [2.45, 2.75) is 38.5 Å². The van der Waals surface area contributed by atoms with E-state index in [2.05, 4.69) is 5.32 Å². The lowest BCUT2D eigenvalue weighted by atomic mass is 9.90. The van der Waals surface area contributed by atoms with Gasteiger partial charge in [0.25, 0.3) is 0 Å². The molecule has 3 heterocycles. The van der Waals surface area contributed by atoms with Crippen LogP contribution in [0.4, 0.5) is 0 Å². The van der Waals surface area contributed by atoms with Crippen molar-refractivity contribution in [1.29, 1.82) is 0 Å². The second kappa shape index (κ2) is 6.72. The van der Waals surface area contributed by atoms with Gasteiger partial charge in [-0.25, -0.2) is 4.79 Å². The minimum Gasteiger partial charge on any atom is -0.317 e. The zero-order chi connectivity index (χ0) is 18.3. The average Bonchev–Trinajstić information content (AvgIpc) is 2.89. The van der Waals surface area contributed by atoms with Gasteiger partial charge >= 0.3 is 5.69 Å². The Balaban J connectivity index is 1.82. The van der Waals surface area contributed by atoms with Crippen LogP contribution in [0.5, 0.6) is 0 Å². The third-order valence-corrected chi connectivity index (χ3v) is 5.55. The number of hydrogen-bond acceptors (Lipinski definition) is 4. The first-order valence-corrected chi connectivity index (χ1v) is 9.34. The fourth-order valence-electron chi connectivity index (χ4n) is 4.20. The minimum atomic E-state index is -0.346. The van der Waals surface area contributed by atoms with Crippen molar-refractivity contribution < 1.29 is 9.59 Å². The summed E-state index contributed by atoms with van der Waals surface area (Å²) in [4.78, 5) is 37.6. The van der Waals surface area contributed by atoms with Gasteiger partial charge in [0.2, 0.25) is 11.8 Å². The first kappa shape index (κ1) is 17.0. The van der Waals surface area contributed by atoms with Crippen LogP contribution < -0.4 is 16.0 Å². The lowest BCUT2D eigenvalue weighted by molar-refractivity contribution is -0.131. The molecular weight excluding hydrogens is 332 g/mol. The number of nitrogens with one attached hydrogen (secondary N) is 1. The Kier molecular flexibility index (Phi) is 4.40. The number of hydrogen-bond donors (Lipinski definition) is 1. The quantitative estimate of drug-likeness (QED) is 0.835. The van der Waals surface area contributed by atoms with E-state index in [0.29, 0.717) is 30.7 Å². The number of nitrogens with zero attached hydrogens (tertiary/aromatic N) is 3. The van der Waals surface area contributed by atoms with Crippen LogP contribution in [0, 0.1) is 5.92 Å². The van der Waals surface area contributed by atoms with Crippen molar-refractivity contribution in [3.63, 3.8) is 0 Å². The molecule has 1 aromatic heterocycles. The van der Waals surface area contributed by atoms with Gasteiger partial charge in [0.05, 0.1) is 11.0 Å². The second-order valence-corrected chi connectivity index (χ2v) is 7.29. The Bertz CT molecular complexity index is 905. The van der Waals surface area contributed by atoms with E-state index < -0.39 is 0 Å². The number of carbonyl (C=O) groups is 2. The Morgan fingerprint density at radius 2 is 1.77 bits per heavy atom. The summed E-state index contributed by atoms with van der Waals surface area (Å²) in [5.41, 5.74) is 2.21. The molecule has 0 aliphatic carbocycles. The number of amides is 2. The Morgan fingerprint density at radius 3 is 2.46 bits per heavy atom. The maximum Gasteiger partial charge on any atom is 0.348 e. The van der Waals surface area contributed by atoms with Gasteiger partial charge in [-0.2, -0.15) is 9.69 Å². The van der Waals surface area contributed by atoms with Crippen molar-refractivity contribution in [3.05, 3.63) is 34.2 Å². The zero-order valence-electron chi connectivity index (χ0n) is 15.0. The number of piperidine rings is 2.